The highest BCUT2D eigenvalue weighted by atomic mass is 32.2. The molecule has 48 heavy (non-hydrogen) atoms. The Morgan fingerprint density at radius 2 is 1.69 bits per heavy atom. The zero-order chi connectivity index (χ0) is 35.1. The number of likely N-dealkylation sites (tertiary alicyclic amines) is 2. The topological polar surface area (TPSA) is 132 Å². The molecule has 2 unspecified atom stereocenters. The molecule has 3 aliphatic rings. The van der Waals surface area contributed by atoms with Gasteiger partial charge in [0.05, 0.1) is 29.9 Å². The first-order valence-corrected chi connectivity index (χ1v) is 19.4. The van der Waals surface area contributed by atoms with Gasteiger partial charge in [-0.3, -0.25) is 4.79 Å². The van der Waals surface area contributed by atoms with Crippen LogP contribution in [0.1, 0.15) is 106 Å². The van der Waals surface area contributed by atoms with Crippen LogP contribution < -0.4 is 5.32 Å². The van der Waals surface area contributed by atoms with Crippen molar-refractivity contribution in [1.82, 2.24) is 24.1 Å². The van der Waals surface area contributed by atoms with Gasteiger partial charge in [0.15, 0.2) is 0 Å². The third-order valence-corrected chi connectivity index (χ3v) is 11.6. The minimum atomic E-state index is -3.18. The average Bonchev–Trinajstić information content (AvgIpc) is 3.11. The maximum Gasteiger partial charge on any atom is 0.272 e. The van der Waals surface area contributed by atoms with Crippen LogP contribution in [0.4, 0.5) is 5.82 Å². The van der Waals surface area contributed by atoms with Crippen LogP contribution in [0.2, 0.25) is 0 Å². The Balaban J connectivity index is 0.00000255. The van der Waals surface area contributed by atoms with Gasteiger partial charge in [-0.2, -0.15) is 5.26 Å². The molecule has 0 bridgehead atoms. The van der Waals surface area contributed by atoms with Gasteiger partial charge in [0, 0.05) is 44.3 Å². The molecule has 3 fully saturated rings. The van der Waals surface area contributed by atoms with Gasteiger partial charge in [0.2, 0.25) is 10.0 Å². The number of aromatic nitrogens is 2. The highest BCUT2D eigenvalue weighted by Gasteiger charge is 2.33. The van der Waals surface area contributed by atoms with Crippen LogP contribution in [-0.2, 0) is 20.2 Å². The Bertz CT molecular complexity index is 1510. The van der Waals surface area contributed by atoms with E-state index in [1.54, 1.807) is 7.05 Å². The SMILES string of the molecule is CC.Cc1c(NCC2CCCC(c3ccc(C(C)(C)C#N)cc3)O2)ncnc1C(=O)N1CCC(N2CCC(N(C)S(C)(=O)=O)CC2)CC1. The van der Waals surface area contributed by atoms with Gasteiger partial charge in [0.1, 0.15) is 17.8 Å². The summed E-state index contributed by atoms with van der Waals surface area (Å²) in [6.07, 6.45) is 9.16. The first-order chi connectivity index (χ1) is 22.9. The van der Waals surface area contributed by atoms with E-state index in [2.05, 4.69) is 38.4 Å². The number of hydrogen-bond donors (Lipinski definition) is 1. The quantitative estimate of drug-likeness (QED) is 0.375. The summed E-state index contributed by atoms with van der Waals surface area (Å²) >= 11 is 0. The second-order valence-corrected chi connectivity index (χ2v) is 15.7. The van der Waals surface area contributed by atoms with Gasteiger partial charge in [-0.05, 0) is 89.9 Å². The lowest BCUT2D eigenvalue weighted by molar-refractivity contribution is -0.0442. The van der Waals surface area contributed by atoms with E-state index < -0.39 is 15.4 Å². The normalized spacial score (nSPS) is 21.7. The number of amides is 1. The van der Waals surface area contributed by atoms with E-state index in [1.807, 2.05) is 51.7 Å². The molecule has 264 valence electrons. The number of sulfonamides is 1. The monoisotopic (exact) mass is 681 g/mol. The van der Waals surface area contributed by atoms with Crippen molar-refractivity contribution in [2.45, 2.75) is 109 Å². The van der Waals surface area contributed by atoms with Gasteiger partial charge in [-0.15, -0.1) is 0 Å². The number of nitriles is 1. The van der Waals surface area contributed by atoms with E-state index >= 15 is 0 Å². The summed E-state index contributed by atoms with van der Waals surface area (Å²) in [5.74, 6) is 0.593. The number of anilines is 1. The van der Waals surface area contributed by atoms with E-state index in [4.69, 9.17) is 4.74 Å². The molecule has 3 aliphatic heterocycles. The van der Waals surface area contributed by atoms with Crippen molar-refractivity contribution >= 4 is 21.7 Å². The molecule has 0 spiro atoms. The fraction of sp³-hybridized carbons (Fsp3) is 0.667. The van der Waals surface area contributed by atoms with E-state index in [-0.39, 0.29) is 24.2 Å². The Kier molecular flexibility index (Phi) is 13.0. The molecular weight excluding hydrogens is 627 g/mol. The summed E-state index contributed by atoms with van der Waals surface area (Å²) in [5, 5.41) is 12.9. The minimum Gasteiger partial charge on any atom is -0.368 e. The minimum absolute atomic E-state index is 0.00606. The standard InChI is InChI=1S/C34H49N7O4S.C2H6/c1-24-31(33(42)41-19-15-28(16-20-41)40-17-13-27(14-18-40)39(4)46(5,43)44)37-23-38-32(24)36-21-29-7-6-8-30(45-29)25-9-11-26(12-10-25)34(2,3)22-35;1-2/h9-12,23,27-30H,6-8,13-21H2,1-5H3,(H,36,37,38);1-2H3. The van der Waals surface area contributed by atoms with Crippen molar-refractivity contribution in [2.75, 3.05) is 51.3 Å². The number of hydrogen-bond acceptors (Lipinski definition) is 9. The Morgan fingerprint density at radius 1 is 1.04 bits per heavy atom. The third-order valence-electron chi connectivity index (χ3n) is 10.2. The first-order valence-electron chi connectivity index (χ1n) is 17.6. The molecule has 0 aliphatic carbocycles. The number of nitrogens with zero attached hydrogens (tertiary/aromatic N) is 6. The number of piperidine rings is 2. The highest BCUT2D eigenvalue weighted by Crippen LogP contribution is 2.33. The second kappa shape index (κ2) is 16.5. The van der Waals surface area contributed by atoms with Crippen molar-refractivity contribution in [3.8, 4) is 6.07 Å². The van der Waals surface area contributed by atoms with Crippen LogP contribution >= 0.6 is 0 Å². The number of nitrogens with one attached hydrogen (secondary N) is 1. The average molecular weight is 682 g/mol. The number of benzene rings is 1. The molecule has 5 rings (SSSR count). The predicted molar refractivity (Wildman–Crippen MR) is 189 cm³/mol. The molecule has 1 N–H and O–H groups in total. The maximum atomic E-state index is 13.6. The van der Waals surface area contributed by atoms with E-state index in [9.17, 15) is 18.5 Å². The molecule has 1 amide bonds. The van der Waals surface area contributed by atoms with E-state index in [1.165, 1.54) is 16.9 Å². The molecule has 3 saturated heterocycles. The molecule has 12 heteroatoms. The Morgan fingerprint density at radius 3 is 2.29 bits per heavy atom. The fourth-order valence-corrected chi connectivity index (χ4v) is 7.75. The summed E-state index contributed by atoms with van der Waals surface area (Å²) in [4.78, 5) is 26.8. The van der Waals surface area contributed by atoms with Gasteiger partial charge in [0.25, 0.3) is 5.91 Å². The smallest absolute Gasteiger partial charge is 0.272 e. The summed E-state index contributed by atoms with van der Waals surface area (Å²) in [5.41, 5.74) is 2.78. The van der Waals surface area contributed by atoms with Crippen molar-refractivity contribution in [3.63, 3.8) is 0 Å². The molecule has 11 nitrogen and oxygen atoms in total. The third kappa shape index (κ3) is 9.11. The van der Waals surface area contributed by atoms with Crippen LogP contribution in [0.5, 0.6) is 0 Å². The lowest BCUT2D eigenvalue weighted by Gasteiger charge is -2.43. The summed E-state index contributed by atoms with van der Waals surface area (Å²) in [6, 6.07) is 11.0. The van der Waals surface area contributed by atoms with Crippen molar-refractivity contribution in [3.05, 3.63) is 53.0 Å². The first kappa shape index (κ1) is 37.7. The molecule has 0 saturated carbocycles. The molecule has 0 radical (unpaired) electrons. The van der Waals surface area contributed by atoms with Crippen molar-refractivity contribution in [1.29, 1.82) is 5.26 Å². The van der Waals surface area contributed by atoms with Crippen LogP contribution in [-0.4, -0.2) is 103 Å². The summed E-state index contributed by atoms with van der Waals surface area (Å²) < 4.78 is 31.9. The summed E-state index contributed by atoms with van der Waals surface area (Å²) in [6.45, 7) is 13.4. The number of carbonyl (C=O) groups excluding carboxylic acids is 1. The molecule has 1 aromatic heterocycles. The number of ether oxygens (including phenoxy) is 1. The van der Waals surface area contributed by atoms with Gasteiger partial charge in [-0.25, -0.2) is 22.7 Å². The molecule has 4 heterocycles. The fourth-order valence-electron chi connectivity index (χ4n) is 7.00. The van der Waals surface area contributed by atoms with Gasteiger partial charge >= 0.3 is 0 Å². The van der Waals surface area contributed by atoms with Gasteiger partial charge in [-0.1, -0.05) is 38.1 Å². The van der Waals surface area contributed by atoms with Crippen LogP contribution in [0, 0.1) is 18.3 Å². The molecule has 2 aromatic rings. The van der Waals surface area contributed by atoms with Crippen LogP contribution in [0.3, 0.4) is 0 Å². The zero-order valence-corrected chi connectivity index (χ0v) is 30.7. The number of carbonyl (C=O) groups is 1. The summed E-state index contributed by atoms with van der Waals surface area (Å²) in [7, 11) is -1.50. The van der Waals surface area contributed by atoms with Crippen molar-refractivity contribution < 1.29 is 17.9 Å². The van der Waals surface area contributed by atoms with Gasteiger partial charge < -0.3 is 19.9 Å². The lowest BCUT2D eigenvalue weighted by Crippen LogP contribution is -2.52. The molecule has 2 atom stereocenters. The predicted octanol–water partition coefficient (Wildman–Crippen LogP) is 5.30. The van der Waals surface area contributed by atoms with Crippen molar-refractivity contribution in [2.24, 2.45) is 0 Å². The van der Waals surface area contributed by atoms with E-state index in [0.717, 1.165) is 74.7 Å². The second-order valence-electron chi connectivity index (χ2n) is 13.7. The van der Waals surface area contributed by atoms with E-state index in [0.29, 0.717) is 37.2 Å². The molecule has 1 aromatic carbocycles. The lowest BCUT2D eigenvalue weighted by atomic mass is 9.85. The number of rotatable bonds is 9. The molecular formula is C36H55N7O4S. The Labute approximate surface area is 288 Å². The largest absolute Gasteiger partial charge is 0.368 e. The maximum absolute atomic E-state index is 13.6. The Hall–Kier alpha value is -3.11. The van der Waals surface area contributed by atoms with Crippen LogP contribution in [0.25, 0.3) is 0 Å². The highest BCUT2D eigenvalue weighted by molar-refractivity contribution is 7.88. The zero-order valence-electron chi connectivity index (χ0n) is 29.9. The van der Waals surface area contributed by atoms with Crippen LogP contribution in [0.15, 0.2) is 30.6 Å².